The first-order valence-corrected chi connectivity index (χ1v) is 8.08. The molecule has 0 aliphatic carbocycles. The van der Waals surface area contributed by atoms with Crippen molar-refractivity contribution < 1.29 is 17.9 Å². The van der Waals surface area contributed by atoms with Crippen molar-refractivity contribution in [2.24, 2.45) is 4.40 Å². The smallest absolute Gasteiger partial charge is 0.325 e. The molecule has 0 fully saturated rings. The van der Waals surface area contributed by atoms with Gasteiger partial charge in [-0.3, -0.25) is 4.79 Å². The van der Waals surface area contributed by atoms with Crippen LogP contribution in [-0.2, 0) is 19.6 Å². The van der Waals surface area contributed by atoms with Crippen molar-refractivity contribution in [1.29, 1.82) is 0 Å². The molecule has 0 aromatic carbocycles. The highest BCUT2D eigenvalue weighted by Crippen LogP contribution is 2.05. The van der Waals surface area contributed by atoms with Gasteiger partial charge in [0.2, 0.25) is 0 Å². The third-order valence-corrected chi connectivity index (χ3v) is 3.59. The van der Waals surface area contributed by atoms with E-state index in [1.807, 2.05) is 0 Å². The molecule has 0 aliphatic heterocycles. The minimum Gasteiger partial charge on any atom is -0.465 e. The minimum atomic E-state index is -3.45. The monoisotopic (exact) mass is 307 g/mol. The first-order chi connectivity index (χ1) is 9.10. The molecule has 0 heterocycles. The van der Waals surface area contributed by atoms with E-state index in [4.69, 9.17) is 4.74 Å². The lowest BCUT2D eigenvalue weighted by Gasteiger charge is -2.23. The summed E-state index contributed by atoms with van der Waals surface area (Å²) in [4.78, 5) is 13.2. The summed E-state index contributed by atoms with van der Waals surface area (Å²) in [6, 6.07) is 0. The summed E-state index contributed by atoms with van der Waals surface area (Å²) in [5.41, 5.74) is -0.827. The fraction of sp³-hybridized carbons (Fsp3) is 0.833. The summed E-state index contributed by atoms with van der Waals surface area (Å²) in [5, 5.41) is 2.98. The summed E-state index contributed by atoms with van der Waals surface area (Å²) in [6.45, 7) is 5.84. The van der Waals surface area contributed by atoms with Crippen LogP contribution in [-0.4, -0.2) is 64.2 Å². The Morgan fingerprint density at radius 2 is 2.00 bits per heavy atom. The quantitative estimate of drug-likeness (QED) is 0.284. The number of sulfonamides is 1. The zero-order valence-corrected chi connectivity index (χ0v) is 13.7. The van der Waals surface area contributed by atoms with E-state index in [-0.39, 0.29) is 11.7 Å². The van der Waals surface area contributed by atoms with E-state index in [1.54, 1.807) is 39.8 Å². The molecule has 0 spiro atoms. The molecule has 0 bridgehead atoms. The molecule has 0 atom stereocenters. The van der Waals surface area contributed by atoms with Crippen LogP contribution in [0.2, 0.25) is 0 Å². The molecule has 0 rings (SSSR count). The van der Waals surface area contributed by atoms with Crippen LogP contribution in [0, 0.1) is 0 Å². The second-order valence-electron chi connectivity index (χ2n) is 5.10. The Labute approximate surface area is 121 Å². The number of nitrogens with one attached hydrogen (secondary N) is 1. The number of carbonyl (C=O) groups is 1. The lowest BCUT2D eigenvalue weighted by Crippen LogP contribution is -2.48. The Kier molecular flexibility index (Phi) is 7.74. The number of hydrogen-bond donors (Lipinski definition) is 1. The lowest BCUT2D eigenvalue weighted by molar-refractivity contribution is -0.149. The van der Waals surface area contributed by atoms with Crippen molar-refractivity contribution in [2.75, 3.05) is 33.0 Å². The fourth-order valence-electron chi connectivity index (χ4n) is 1.26. The first-order valence-electron chi connectivity index (χ1n) is 6.47. The molecular formula is C12H25N3O4S. The van der Waals surface area contributed by atoms with Gasteiger partial charge < -0.3 is 15.0 Å². The van der Waals surface area contributed by atoms with Crippen molar-refractivity contribution in [1.82, 2.24) is 10.2 Å². The number of hydrogen-bond acceptors (Lipinski definition) is 5. The maximum atomic E-state index is 11.6. The highest BCUT2D eigenvalue weighted by Gasteiger charge is 2.28. The zero-order valence-electron chi connectivity index (χ0n) is 12.8. The van der Waals surface area contributed by atoms with Crippen molar-refractivity contribution in [2.45, 2.75) is 32.7 Å². The fourth-order valence-corrected chi connectivity index (χ4v) is 2.20. The van der Waals surface area contributed by atoms with Gasteiger partial charge in [0.1, 0.15) is 11.9 Å². The first kappa shape index (κ1) is 18.9. The molecular weight excluding hydrogens is 282 g/mol. The average Bonchev–Trinajstić information content (AvgIpc) is 2.33. The SMILES string of the molecule is CCOC(=O)C(C)(C)NCCCS(=O)(=O)N=CN(C)C. The summed E-state index contributed by atoms with van der Waals surface area (Å²) >= 11 is 0. The van der Waals surface area contributed by atoms with Crippen LogP contribution >= 0.6 is 0 Å². The van der Waals surface area contributed by atoms with Crippen LogP contribution in [0.3, 0.4) is 0 Å². The predicted octanol–water partition coefficient (Wildman–Crippen LogP) is 0.228. The zero-order chi connectivity index (χ0) is 15.8. The largest absolute Gasteiger partial charge is 0.465 e. The van der Waals surface area contributed by atoms with Gasteiger partial charge in [-0.15, -0.1) is 0 Å². The van der Waals surface area contributed by atoms with Crippen LogP contribution in [0.5, 0.6) is 0 Å². The van der Waals surface area contributed by atoms with Gasteiger partial charge in [0, 0.05) is 14.1 Å². The van der Waals surface area contributed by atoms with Gasteiger partial charge >= 0.3 is 5.97 Å². The molecule has 0 amide bonds. The molecule has 1 N–H and O–H groups in total. The number of nitrogens with zero attached hydrogens (tertiary/aromatic N) is 2. The van der Waals surface area contributed by atoms with E-state index in [0.717, 1.165) is 0 Å². The van der Waals surface area contributed by atoms with Gasteiger partial charge in [0.05, 0.1) is 12.4 Å². The van der Waals surface area contributed by atoms with Crippen LogP contribution in [0.4, 0.5) is 0 Å². The Morgan fingerprint density at radius 1 is 1.40 bits per heavy atom. The molecule has 0 aliphatic rings. The number of ether oxygens (including phenoxy) is 1. The average molecular weight is 307 g/mol. The predicted molar refractivity (Wildman–Crippen MR) is 79.3 cm³/mol. The third kappa shape index (κ3) is 8.11. The van der Waals surface area contributed by atoms with E-state index in [2.05, 4.69) is 9.71 Å². The molecule has 0 unspecified atom stereocenters. The lowest BCUT2D eigenvalue weighted by atomic mass is 10.1. The topological polar surface area (TPSA) is 88.1 Å². The molecule has 0 radical (unpaired) electrons. The number of esters is 1. The Balaban J connectivity index is 4.17. The Morgan fingerprint density at radius 3 is 2.50 bits per heavy atom. The second-order valence-corrected chi connectivity index (χ2v) is 6.88. The maximum Gasteiger partial charge on any atom is 0.325 e. The van der Waals surface area contributed by atoms with Crippen molar-refractivity contribution in [3.63, 3.8) is 0 Å². The minimum absolute atomic E-state index is 0.0662. The molecule has 20 heavy (non-hydrogen) atoms. The summed E-state index contributed by atoms with van der Waals surface area (Å²) < 4.78 is 31.5. The summed E-state index contributed by atoms with van der Waals surface area (Å²) in [5.74, 6) is -0.419. The van der Waals surface area contributed by atoms with Gasteiger partial charge in [-0.05, 0) is 33.7 Å². The molecule has 118 valence electrons. The number of rotatable bonds is 9. The van der Waals surface area contributed by atoms with E-state index in [9.17, 15) is 13.2 Å². The highest BCUT2D eigenvalue weighted by atomic mass is 32.2. The van der Waals surface area contributed by atoms with Gasteiger partial charge in [-0.1, -0.05) is 0 Å². The highest BCUT2D eigenvalue weighted by molar-refractivity contribution is 7.90. The van der Waals surface area contributed by atoms with Gasteiger partial charge in [-0.2, -0.15) is 4.40 Å². The number of carbonyl (C=O) groups excluding carboxylic acids is 1. The van der Waals surface area contributed by atoms with Gasteiger partial charge in [0.15, 0.2) is 0 Å². The normalized spacial score (nSPS) is 12.7. The van der Waals surface area contributed by atoms with E-state index in [0.29, 0.717) is 19.6 Å². The van der Waals surface area contributed by atoms with E-state index < -0.39 is 15.6 Å². The van der Waals surface area contributed by atoms with Crippen molar-refractivity contribution in [3.05, 3.63) is 0 Å². The van der Waals surface area contributed by atoms with Crippen molar-refractivity contribution in [3.8, 4) is 0 Å². The molecule has 0 aromatic rings. The standard InChI is InChI=1S/C12H25N3O4S/c1-6-19-11(16)12(2,3)13-8-7-9-20(17,18)14-10-15(4)5/h10,13H,6-9H2,1-5H3. The van der Waals surface area contributed by atoms with Crippen LogP contribution < -0.4 is 5.32 Å². The summed E-state index contributed by atoms with van der Waals surface area (Å²) in [7, 11) is -0.0595. The Hall–Kier alpha value is -1.15. The van der Waals surface area contributed by atoms with Gasteiger partial charge in [0.25, 0.3) is 10.0 Å². The Bertz CT molecular complexity index is 430. The van der Waals surface area contributed by atoms with Crippen LogP contribution in [0.25, 0.3) is 0 Å². The summed E-state index contributed by atoms with van der Waals surface area (Å²) in [6.07, 6.45) is 1.63. The van der Waals surface area contributed by atoms with Gasteiger partial charge in [-0.25, -0.2) is 8.42 Å². The molecule has 8 heteroatoms. The van der Waals surface area contributed by atoms with Crippen LogP contribution in [0.1, 0.15) is 27.2 Å². The van der Waals surface area contributed by atoms with E-state index >= 15 is 0 Å². The molecule has 0 aromatic heterocycles. The van der Waals surface area contributed by atoms with Crippen molar-refractivity contribution >= 4 is 22.3 Å². The molecule has 0 saturated heterocycles. The second kappa shape index (κ2) is 8.21. The van der Waals surface area contributed by atoms with Crippen LogP contribution in [0.15, 0.2) is 4.40 Å². The van der Waals surface area contributed by atoms with E-state index in [1.165, 1.54) is 6.34 Å². The third-order valence-electron chi connectivity index (χ3n) is 2.37. The molecule has 7 nitrogen and oxygen atoms in total. The molecule has 0 saturated carbocycles. The maximum absolute atomic E-state index is 11.6.